The topological polar surface area (TPSA) is 24.5 Å². The molecule has 2 unspecified atom stereocenters. The van der Waals surface area contributed by atoms with Crippen molar-refractivity contribution in [2.45, 2.75) is 19.1 Å². The summed E-state index contributed by atoms with van der Waals surface area (Å²) in [4.78, 5) is 2.35. The first-order valence-corrected chi connectivity index (χ1v) is 7.24. The van der Waals surface area contributed by atoms with Crippen LogP contribution in [-0.2, 0) is 4.74 Å². The number of hydrogen-bond donors (Lipinski definition) is 1. The largest absolute Gasteiger partial charge is 0.374 e. The predicted octanol–water partition coefficient (Wildman–Crippen LogP) is 2.43. The molecule has 0 aromatic heterocycles. The molecule has 0 spiro atoms. The average molecular weight is 313 g/mol. The molecule has 1 fully saturated rings. The summed E-state index contributed by atoms with van der Waals surface area (Å²) in [5.74, 6) is 0. The molecule has 1 aliphatic rings. The van der Waals surface area contributed by atoms with Gasteiger partial charge in [0.1, 0.15) is 0 Å². The minimum atomic E-state index is 0.304. The first-order valence-electron chi connectivity index (χ1n) is 6.45. The number of rotatable bonds is 4. The van der Waals surface area contributed by atoms with Crippen molar-refractivity contribution in [3.63, 3.8) is 0 Å². The number of ether oxygens (including phenoxy) is 1. The molecular weight excluding hydrogens is 292 g/mol. The Kier molecular flexibility index (Phi) is 5.18. The second-order valence-corrected chi connectivity index (χ2v) is 5.78. The summed E-state index contributed by atoms with van der Waals surface area (Å²) in [7, 11) is 2.16. The number of halogens is 1. The van der Waals surface area contributed by atoms with Gasteiger partial charge in [-0.15, -0.1) is 0 Å². The maximum absolute atomic E-state index is 5.74. The zero-order valence-corrected chi connectivity index (χ0v) is 12.6. The molecule has 1 saturated heterocycles. The molecule has 1 heterocycles. The highest BCUT2D eigenvalue weighted by molar-refractivity contribution is 9.10. The number of benzene rings is 1. The van der Waals surface area contributed by atoms with E-state index in [9.17, 15) is 0 Å². The van der Waals surface area contributed by atoms with Crippen molar-refractivity contribution in [2.24, 2.45) is 0 Å². The Morgan fingerprint density at radius 1 is 1.56 bits per heavy atom. The van der Waals surface area contributed by atoms with Gasteiger partial charge < -0.3 is 10.1 Å². The quantitative estimate of drug-likeness (QED) is 0.924. The molecule has 1 aromatic carbocycles. The molecule has 1 N–H and O–H groups in total. The Bertz CT molecular complexity index is 380. The zero-order valence-electron chi connectivity index (χ0n) is 11.0. The van der Waals surface area contributed by atoms with E-state index in [1.807, 2.05) is 0 Å². The van der Waals surface area contributed by atoms with E-state index in [2.05, 4.69) is 64.4 Å². The lowest BCUT2D eigenvalue weighted by atomic mass is 10.1. The molecule has 0 aliphatic carbocycles. The van der Waals surface area contributed by atoms with Crippen LogP contribution in [0.4, 0.5) is 0 Å². The Balaban J connectivity index is 1.93. The van der Waals surface area contributed by atoms with Crippen molar-refractivity contribution in [1.82, 2.24) is 10.2 Å². The fourth-order valence-electron chi connectivity index (χ4n) is 2.24. The van der Waals surface area contributed by atoms with Crippen LogP contribution in [0.25, 0.3) is 0 Å². The average Bonchev–Trinajstić information content (AvgIpc) is 2.39. The van der Waals surface area contributed by atoms with Gasteiger partial charge in [0, 0.05) is 30.1 Å². The Labute approximate surface area is 118 Å². The Morgan fingerprint density at radius 3 is 3.06 bits per heavy atom. The van der Waals surface area contributed by atoms with Gasteiger partial charge in [-0.1, -0.05) is 28.1 Å². The van der Waals surface area contributed by atoms with Crippen LogP contribution in [0.15, 0.2) is 28.7 Å². The zero-order chi connectivity index (χ0) is 13.0. The monoisotopic (exact) mass is 312 g/mol. The second-order valence-electron chi connectivity index (χ2n) is 4.87. The SMILES string of the molecule is CC(c1cccc(Br)c1)N(C)CC1CNCCO1. The standard InChI is InChI=1S/C14H21BrN2O/c1-11(12-4-3-5-13(15)8-12)17(2)10-14-9-16-6-7-18-14/h3-5,8,11,14,16H,6-7,9-10H2,1-2H3. The molecule has 1 aliphatic heterocycles. The summed E-state index contributed by atoms with van der Waals surface area (Å²) in [5, 5.41) is 3.37. The van der Waals surface area contributed by atoms with Gasteiger partial charge in [-0.25, -0.2) is 0 Å². The van der Waals surface area contributed by atoms with Gasteiger partial charge in [0.05, 0.1) is 12.7 Å². The van der Waals surface area contributed by atoms with E-state index in [-0.39, 0.29) is 0 Å². The van der Waals surface area contributed by atoms with E-state index in [1.165, 1.54) is 5.56 Å². The summed E-state index contributed by atoms with van der Waals surface area (Å²) in [5.41, 5.74) is 1.33. The van der Waals surface area contributed by atoms with Crippen LogP contribution >= 0.6 is 15.9 Å². The van der Waals surface area contributed by atoms with Gasteiger partial charge in [0.2, 0.25) is 0 Å². The highest BCUT2D eigenvalue weighted by Crippen LogP contribution is 2.22. The number of nitrogens with one attached hydrogen (secondary N) is 1. The summed E-state index contributed by atoms with van der Waals surface area (Å²) in [6.45, 7) is 5.94. The van der Waals surface area contributed by atoms with E-state index in [1.54, 1.807) is 0 Å². The van der Waals surface area contributed by atoms with E-state index in [4.69, 9.17) is 4.74 Å². The molecule has 2 rings (SSSR count). The van der Waals surface area contributed by atoms with Gasteiger partial charge in [0.25, 0.3) is 0 Å². The van der Waals surface area contributed by atoms with Crippen LogP contribution < -0.4 is 5.32 Å². The molecule has 0 bridgehead atoms. The van der Waals surface area contributed by atoms with Crippen LogP contribution in [0.3, 0.4) is 0 Å². The van der Waals surface area contributed by atoms with Crippen LogP contribution in [0.2, 0.25) is 0 Å². The molecular formula is C14H21BrN2O. The van der Waals surface area contributed by atoms with Crippen molar-refractivity contribution in [1.29, 1.82) is 0 Å². The van der Waals surface area contributed by atoms with E-state index in [0.29, 0.717) is 12.1 Å². The summed E-state index contributed by atoms with van der Waals surface area (Å²) >= 11 is 3.52. The van der Waals surface area contributed by atoms with Gasteiger partial charge in [-0.05, 0) is 31.7 Å². The van der Waals surface area contributed by atoms with Gasteiger partial charge in [-0.3, -0.25) is 4.90 Å². The third kappa shape index (κ3) is 3.79. The lowest BCUT2D eigenvalue weighted by Crippen LogP contribution is -2.44. The van der Waals surface area contributed by atoms with Gasteiger partial charge in [-0.2, -0.15) is 0 Å². The highest BCUT2D eigenvalue weighted by atomic mass is 79.9. The first kappa shape index (κ1) is 14.0. The summed E-state index contributed by atoms with van der Waals surface area (Å²) in [6, 6.07) is 8.90. The van der Waals surface area contributed by atoms with E-state index in [0.717, 1.165) is 30.7 Å². The Morgan fingerprint density at radius 2 is 2.39 bits per heavy atom. The number of likely N-dealkylation sites (N-methyl/N-ethyl adjacent to an activating group) is 1. The van der Waals surface area contributed by atoms with Crippen LogP contribution in [-0.4, -0.2) is 44.3 Å². The van der Waals surface area contributed by atoms with Crippen molar-refractivity contribution in [3.05, 3.63) is 34.3 Å². The number of morpholine rings is 1. The third-order valence-electron chi connectivity index (χ3n) is 3.49. The Hall–Kier alpha value is -0.420. The molecule has 100 valence electrons. The van der Waals surface area contributed by atoms with E-state index >= 15 is 0 Å². The van der Waals surface area contributed by atoms with Crippen LogP contribution in [0, 0.1) is 0 Å². The van der Waals surface area contributed by atoms with Crippen molar-refractivity contribution >= 4 is 15.9 Å². The van der Waals surface area contributed by atoms with Crippen molar-refractivity contribution < 1.29 is 4.74 Å². The smallest absolute Gasteiger partial charge is 0.0826 e. The van der Waals surface area contributed by atoms with Crippen molar-refractivity contribution in [3.8, 4) is 0 Å². The van der Waals surface area contributed by atoms with Crippen molar-refractivity contribution in [2.75, 3.05) is 33.3 Å². The first-order chi connectivity index (χ1) is 8.66. The highest BCUT2D eigenvalue weighted by Gasteiger charge is 2.19. The molecule has 18 heavy (non-hydrogen) atoms. The summed E-state index contributed by atoms with van der Waals surface area (Å²) in [6.07, 6.45) is 0.304. The normalized spacial score (nSPS) is 22.1. The van der Waals surface area contributed by atoms with Crippen LogP contribution in [0.5, 0.6) is 0 Å². The molecule has 4 heteroatoms. The lowest BCUT2D eigenvalue weighted by Gasteiger charge is -2.31. The molecule has 0 amide bonds. The second kappa shape index (κ2) is 6.66. The van der Waals surface area contributed by atoms with Gasteiger partial charge >= 0.3 is 0 Å². The minimum absolute atomic E-state index is 0.304. The molecule has 2 atom stereocenters. The third-order valence-corrected chi connectivity index (χ3v) is 3.98. The lowest BCUT2D eigenvalue weighted by molar-refractivity contribution is 0.00393. The van der Waals surface area contributed by atoms with Crippen LogP contribution in [0.1, 0.15) is 18.5 Å². The maximum atomic E-state index is 5.74. The maximum Gasteiger partial charge on any atom is 0.0826 e. The molecule has 1 aromatic rings. The fraction of sp³-hybridized carbons (Fsp3) is 0.571. The number of hydrogen-bond acceptors (Lipinski definition) is 3. The fourth-order valence-corrected chi connectivity index (χ4v) is 2.65. The van der Waals surface area contributed by atoms with Gasteiger partial charge in [0.15, 0.2) is 0 Å². The summed E-state index contributed by atoms with van der Waals surface area (Å²) < 4.78 is 6.88. The molecule has 0 radical (unpaired) electrons. The molecule has 3 nitrogen and oxygen atoms in total. The minimum Gasteiger partial charge on any atom is -0.374 e. The van der Waals surface area contributed by atoms with E-state index < -0.39 is 0 Å². The predicted molar refractivity (Wildman–Crippen MR) is 77.8 cm³/mol. The number of nitrogens with zero attached hydrogens (tertiary/aromatic N) is 1. The molecule has 0 saturated carbocycles.